The van der Waals surface area contributed by atoms with Crippen LogP contribution >= 0.6 is 0 Å². The highest BCUT2D eigenvalue weighted by atomic mass is 16.5. The maximum atomic E-state index is 11.5. The molecule has 7 nitrogen and oxygen atoms in total. The van der Waals surface area contributed by atoms with Crippen molar-refractivity contribution in [3.05, 3.63) is 0 Å². The molecule has 2 amide bonds. The summed E-state index contributed by atoms with van der Waals surface area (Å²) >= 11 is 0. The van der Waals surface area contributed by atoms with Crippen molar-refractivity contribution < 1.29 is 24.9 Å². The quantitative estimate of drug-likeness (QED) is 0.449. The minimum Gasteiger partial charge on any atom is -0.394 e. The molecular formula is C9H16N2O5. The lowest BCUT2D eigenvalue weighted by Gasteiger charge is -2.34. The molecule has 2 heterocycles. The summed E-state index contributed by atoms with van der Waals surface area (Å²) < 4.78 is 5.35. The van der Waals surface area contributed by atoms with Crippen molar-refractivity contribution in [1.29, 1.82) is 0 Å². The molecule has 16 heavy (non-hydrogen) atoms. The molecule has 0 saturated carbocycles. The second-order valence-electron chi connectivity index (χ2n) is 4.06. The summed E-state index contributed by atoms with van der Waals surface area (Å²) in [4.78, 5) is 12.9. The average molecular weight is 232 g/mol. The molecule has 7 heteroatoms. The maximum Gasteiger partial charge on any atom is 0.321 e. The summed E-state index contributed by atoms with van der Waals surface area (Å²) in [5, 5.41) is 30.0. The molecule has 0 radical (unpaired) electrons. The van der Waals surface area contributed by atoms with Crippen LogP contribution in [-0.2, 0) is 4.74 Å². The van der Waals surface area contributed by atoms with Crippen molar-refractivity contribution in [2.45, 2.75) is 37.5 Å². The predicted molar refractivity (Wildman–Crippen MR) is 52.2 cm³/mol. The van der Waals surface area contributed by atoms with Crippen LogP contribution in [0.25, 0.3) is 0 Å². The fourth-order valence-electron chi connectivity index (χ4n) is 2.01. The predicted octanol–water partition coefficient (Wildman–Crippen LogP) is -1.81. The Kier molecular flexibility index (Phi) is 3.29. The highest BCUT2D eigenvalue weighted by Crippen LogP contribution is 2.24. The van der Waals surface area contributed by atoms with Crippen LogP contribution in [0.1, 0.15) is 12.8 Å². The van der Waals surface area contributed by atoms with Gasteiger partial charge in [-0.05, 0) is 0 Å². The van der Waals surface area contributed by atoms with E-state index in [0.717, 1.165) is 0 Å². The lowest BCUT2D eigenvalue weighted by Crippen LogP contribution is -2.55. The second kappa shape index (κ2) is 4.54. The lowest BCUT2D eigenvalue weighted by atomic mass is 10.2. The Bertz CT molecular complexity index is 275. The summed E-state index contributed by atoms with van der Waals surface area (Å²) in [5.41, 5.74) is 0. The van der Waals surface area contributed by atoms with Gasteiger partial charge in [0.05, 0.1) is 12.7 Å². The first kappa shape index (κ1) is 11.6. The van der Waals surface area contributed by atoms with Crippen LogP contribution in [0.5, 0.6) is 0 Å². The molecule has 4 N–H and O–H groups in total. The van der Waals surface area contributed by atoms with Crippen molar-refractivity contribution in [1.82, 2.24) is 10.2 Å². The third-order valence-corrected chi connectivity index (χ3v) is 2.93. The summed E-state index contributed by atoms with van der Waals surface area (Å²) in [7, 11) is 0. The lowest BCUT2D eigenvalue weighted by molar-refractivity contribution is -0.0730. The van der Waals surface area contributed by atoms with Gasteiger partial charge in [-0.2, -0.15) is 0 Å². The average Bonchev–Trinajstić information content (AvgIpc) is 2.59. The third kappa shape index (κ3) is 2.12. The summed E-state index contributed by atoms with van der Waals surface area (Å²) in [5.74, 6) is 0. The fraction of sp³-hybridized carbons (Fsp3) is 0.889. The zero-order chi connectivity index (χ0) is 11.7. The Balaban J connectivity index is 1.96. The number of amides is 2. The molecule has 2 saturated heterocycles. The molecule has 0 aliphatic carbocycles. The Morgan fingerprint density at radius 3 is 2.81 bits per heavy atom. The number of rotatable bonds is 2. The van der Waals surface area contributed by atoms with Crippen LogP contribution in [0, 0.1) is 0 Å². The van der Waals surface area contributed by atoms with Crippen LogP contribution in [0.4, 0.5) is 4.79 Å². The summed E-state index contributed by atoms with van der Waals surface area (Å²) in [6.07, 6.45) is -2.03. The van der Waals surface area contributed by atoms with Crippen molar-refractivity contribution in [3.8, 4) is 0 Å². The van der Waals surface area contributed by atoms with E-state index < -0.39 is 30.7 Å². The zero-order valence-corrected chi connectivity index (χ0v) is 8.74. The van der Waals surface area contributed by atoms with E-state index >= 15 is 0 Å². The molecule has 0 unspecified atom stereocenters. The van der Waals surface area contributed by atoms with E-state index in [-0.39, 0.29) is 13.0 Å². The third-order valence-electron chi connectivity index (χ3n) is 2.93. The first-order valence-electron chi connectivity index (χ1n) is 5.31. The van der Waals surface area contributed by atoms with Gasteiger partial charge in [0.1, 0.15) is 18.6 Å². The highest BCUT2D eigenvalue weighted by molar-refractivity contribution is 5.75. The van der Waals surface area contributed by atoms with Gasteiger partial charge in [-0.3, -0.25) is 4.90 Å². The molecule has 92 valence electrons. The monoisotopic (exact) mass is 232 g/mol. The van der Waals surface area contributed by atoms with E-state index in [2.05, 4.69) is 5.32 Å². The molecule has 0 spiro atoms. The van der Waals surface area contributed by atoms with E-state index in [0.29, 0.717) is 13.0 Å². The summed E-state index contributed by atoms with van der Waals surface area (Å²) in [6, 6.07) is -0.408. The molecule has 0 aromatic rings. The van der Waals surface area contributed by atoms with Gasteiger partial charge in [-0.15, -0.1) is 0 Å². The van der Waals surface area contributed by atoms with Gasteiger partial charge in [-0.25, -0.2) is 4.79 Å². The number of carbonyl (C=O) groups is 1. The normalized spacial score (nSPS) is 39.9. The first-order chi connectivity index (χ1) is 7.61. The van der Waals surface area contributed by atoms with Gasteiger partial charge in [0.15, 0.2) is 0 Å². The smallest absolute Gasteiger partial charge is 0.321 e. The number of hydrogen-bond donors (Lipinski definition) is 4. The zero-order valence-electron chi connectivity index (χ0n) is 8.74. The number of carbonyl (C=O) groups excluding carboxylic acids is 1. The van der Waals surface area contributed by atoms with Gasteiger partial charge in [0, 0.05) is 19.4 Å². The van der Waals surface area contributed by atoms with Gasteiger partial charge < -0.3 is 25.4 Å². The van der Waals surface area contributed by atoms with E-state index in [1.807, 2.05) is 0 Å². The fourth-order valence-corrected chi connectivity index (χ4v) is 2.01. The highest BCUT2D eigenvalue weighted by Gasteiger charge is 2.40. The molecule has 2 aliphatic rings. The van der Waals surface area contributed by atoms with Crippen LogP contribution in [0.15, 0.2) is 0 Å². The van der Waals surface area contributed by atoms with Crippen molar-refractivity contribution in [3.63, 3.8) is 0 Å². The molecule has 2 fully saturated rings. The Morgan fingerprint density at radius 1 is 1.50 bits per heavy atom. The number of nitrogens with zero attached hydrogens (tertiary/aromatic N) is 1. The molecule has 4 atom stereocenters. The maximum absolute atomic E-state index is 11.5. The van der Waals surface area contributed by atoms with E-state index in [1.165, 1.54) is 4.90 Å². The molecule has 0 bridgehead atoms. The molecule has 2 rings (SSSR count). The largest absolute Gasteiger partial charge is 0.394 e. The minimum absolute atomic E-state index is 0.268. The number of aliphatic hydroxyl groups is 3. The topological polar surface area (TPSA) is 102 Å². The van der Waals surface area contributed by atoms with Crippen molar-refractivity contribution in [2.75, 3.05) is 13.2 Å². The summed E-state index contributed by atoms with van der Waals surface area (Å²) in [6.45, 7) is 0.109. The molecule has 0 aromatic heterocycles. The number of nitrogens with one attached hydrogen (secondary N) is 1. The van der Waals surface area contributed by atoms with E-state index in [9.17, 15) is 15.0 Å². The van der Waals surface area contributed by atoms with Crippen LogP contribution in [0.2, 0.25) is 0 Å². The first-order valence-corrected chi connectivity index (χ1v) is 5.31. The molecule has 2 aliphatic heterocycles. The van der Waals surface area contributed by atoms with Crippen LogP contribution in [-0.4, -0.2) is 64.1 Å². The second-order valence-corrected chi connectivity index (χ2v) is 4.06. The number of urea groups is 1. The van der Waals surface area contributed by atoms with Crippen LogP contribution in [0.3, 0.4) is 0 Å². The van der Waals surface area contributed by atoms with Gasteiger partial charge in [0.2, 0.25) is 0 Å². The van der Waals surface area contributed by atoms with Gasteiger partial charge >= 0.3 is 6.03 Å². The Morgan fingerprint density at radius 2 is 2.25 bits per heavy atom. The number of aliphatic hydroxyl groups excluding tert-OH is 3. The van der Waals surface area contributed by atoms with Crippen molar-refractivity contribution in [2.24, 2.45) is 0 Å². The van der Waals surface area contributed by atoms with E-state index in [1.54, 1.807) is 0 Å². The van der Waals surface area contributed by atoms with Gasteiger partial charge in [-0.1, -0.05) is 0 Å². The Labute approximate surface area is 92.6 Å². The standard InChI is InChI=1S/C9H16N2O5/c12-4-6-5(13)3-8(16-6)11-2-1-7(14)10-9(11)15/h5-8,12-14H,1-4H2,(H,10,15)/t5-,6-,7+,8-/m0/s1. The van der Waals surface area contributed by atoms with Crippen molar-refractivity contribution >= 4 is 6.03 Å². The molecule has 0 aromatic carbocycles. The SMILES string of the molecule is O=C1N[C@H](O)CCN1[C@@H]1C[C@H](O)[C@H](CO)O1. The van der Waals surface area contributed by atoms with Crippen LogP contribution < -0.4 is 5.32 Å². The van der Waals surface area contributed by atoms with Gasteiger partial charge in [0.25, 0.3) is 0 Å². The number of hydrogen-bond acceptors (Lipinski definition) is 5. The van der Waals surface area contributed by atoms with E-state index in [4.69, 9.17) is 9.84 Å². The number of ether oxygens (including phenoxy) is 1. The minimum atomic E-state index is -0.816. The Hall–Kier alpha value is -0.890. The molecular weight excluding hydrogens is 216 g/mol.